The van der Waals surface area contributed by atoms with E-state index in [0.717, 1.165) is 37.0 Å². The second-order valence-electron chi connectivity index (χ2n) is 7.48. The quantitative estimate of drug-likeness (QED) is 0.768. The lowest BCUT2D eigenvalue weighted by Gasteiger charge is -2.30. The Morgan fingerprint density at radius 3 is 3.08 bits per heavy atom. The van der Waals surface area contributed by atoms with Gasteiger partial charge in [-0.15, -0.1) is 5.10 Å². The van der Waals surface area contributed by atoms with E-state index in [0.29, 0.717) is 19.5 Å². The highest BCUT2D eigenvalue weighted by Gasteiger charge is 2.61. The number of nitrogens with zero attached hydrogens (tertiary/aromatic N) is 3. The minimum atomic E-state index is -1.16. The molecule has 25 heavy (non-hydrogen) atoms. The molecule has 1 aliphatic carbocycles. The Balaban J connectivity index is 1.37. The van der Waals surface area contributed by atoms with Gasteiger partial charge in [0.1, 0.15) is 5.67 Å². The molecule has 0 unspecified atom stereocenters. The van der Waals surface area contributed by atoms with Crippen molar-refractivity contribution in [3.8, 4) is 0 Å². The van der Waals surface area contributed by atoms with Gasteiger partial charge in [-0.25, -0.2) is 4.39 Å². The lowest BCUT2D eigenvalue weighted by atomic mass is 9.76. The summed E-state index contributed by atoms with van der Waals surface area (Å²) in [5.41, 5.74) is 1.60. The van der Waals surface area contributed by atoms with Gasteiger partial charge < -0.3 is 10.3 Å². The van der Waals surface area contributed by atoms with Crippen LogP contribution in [0, 0.1) is 0 Å². The zero-order valence-corrected chi connectivity index (χ0v) is 14.1. The van der Waals surface area contributed by atoms with Gasteiger partial charge in [-0.05, 0) is 37.3 Å². The zero-order chi connectivity index (χ0) is 16.9. The van der Waals surface area contributed by atoms with Gasteiger partial charge in [0.25, 0.3) is 0 Å². The molecule has 2 fully saturated rings. The number of aromatic nitrogens is 4. The summed E-state index contributed by atoms with van der Waals surface area (Å²) in [6.07, 6.45) is 7.31. The van der Waals surface area contributed by atoms with Crippen LogP contribution in [-0.2, 0) is 18.4 Å². The van der Waals surface area contributed by atoms with Crippen LogP contribution in [-0.4, -0.2) is 38.7 Å². The van der Waals surface area contributed by atoms with E-state index in [1.807, 2.05) is 16.9 Å². The van der Waals surface area contributed by atoms with Crippen LogP contribution in [0.4, 0.5) is 4.39 Å². The number of halogens is 1. The Morgan fingerprint density at radius 1 is 1.20 bits per heavy atom. The first kappa shape index (κ1) is 15.1. The van der Waals surface area contributed by atoms with Crippen LogP contribution in [0.3, 0.4) is 0 Å². The van der Waals surface area contributed by atoms with Crippen molar-refractivity contribution < 1.29 is 4.39 Å². The first-order chi connectivity index (χ1) is 12.2. The second-order valence-corrected chi connectivity index (χ2v) is 7.48. The van der Waals surface area contributed by atoms with Crippen molar-refractivity contribution >= 4 is 10.9 Å². The topological polar surface area (TPSA) is 58.5 Å². The number of aromatic amines is 1. The molecule has 5 rings (SSSR count). The molecule has 130 valence electrons. The third kappa shape index (κ3) is 2.16. The van der Waals surface area contributed by atoms with Gasteiger partial charge in [0.15, 0.2) is 0 Å². The van der Waals surface area contributed by atoms with Gasteiger partial charge in [0, 0.05) is 42.9 Å². The van der Waals surface area contributed by atoms with Crippen molar-refractivity contribution in [1.29, 1.82) is 0 Å². The van der Waals surface area contributed by atoms with Gasteiger partial charge in [-0.1, -0.05) is 23.4 Å². The highest BCUT2D eigenvalue weighted by molar-refractivity contribution is 5.82. The fraction of sp³-hybridized carbons (Fsp3) is 0.474. The lowest BCUT2D eigenvalue weighted by molar-refractivity contribution is 0.126. The number of alkyl halides is 1. The van der Waals surface area contributed by atoms with Crippen molar-refractivity contribution in [2.45, 2.75) is 43.3 Å². The molecule has 2 aliphatic rings. The zero-order valence-electron chi connectivity index (χ0n) is 14.1. The molecule has 0 bridgehead atoms. The molecule has 3 aromatic rings. The Hall–Kier alpha value is -2.21. The smallest absolute Gasteiger partial charge is 0.135 e. The van der Waals surface area contributed by atoms with Crippen LogP contribution in [0.25, 0.3) is 10.9 Å². The van der Waals surface area contributed by atoms with E-state index in [1.54, 1.807) is 0 Å². The van der Waals surface area contributed by atoms with Gasteiger partial charge in [-0.2, -0.15) is 0 Å². The highest BCUT2D eigenvalue weighted by Crippen LogP contribution is 2.52. The standard InChI is InChI=1S/C19H22FN5/c20-19-8-3-7-18(19,12-21-13-19)17-11-25(24-23-17)9-6-14-10-22-16-5-2-1-4-15(14)16/h1-2,4-5,10-11,21-22H,3,6-9,12-13H2/t18-,19-/m0/s1. The molecule has 5 nitrogen and oxygen atoms in total. The van der Waals surface area contributed by atoms with Crippen LogP contribution in [0.2, 0.25) is 0 Å². The Labute approximate surface area is 145 Å². The molecular formula is C19H22FN5. The molecule has 2 N–H and O–H groups in total. The monoisotopic (exact) mass is 339 g/mol. The van der Waals surface area contributed by atoms with Crippen molar-refractivity contribution in [2.24, 2.45) is 0 Å². The molecule has 0 amide bonds. The molecule has 0 radical (unpaired) electrons. The average Bonchev–Trinajstić information content (AvgIpc) is 3.34. The summed E-state index contributed by atoms with van der Waals surface area (Å²) in [6.45, 7) is 1.86. The first-order valence-electron chi connectivity index (χ1n) is 9.06. The lowest BCUT2D eigenvalue weighted by Crippen LogP contribution is -2.43. The Bertz CT molecular complexity index is 901. The van der Waals surface area contributed by atoms with Gasteiger partial charge in [-0.3, -0.25) is 4.68 Å². The number of benzene rings is 1. The normalized spacial score (nSPS) is 28.7. The summed E-state index contributed by atoms with van der Waals surface area (Å²) < 4.78 is 17.2. The summed E-state index contributed by atoms with van der Waals surface area (Å²) in [7, 11) is 0. The van der Waals surface area contributed by atoms with E-state index >= 15 is 4.39 Å². The number of rotatable bonds is 4. The fourth-order valence-corrected chi connectivity index (χ4v) is 4.76. The molecule has 2 atom stereocenters. The van der Waals surface area contributed by atoms with Gasteiger partial charge >= 0.3 is 0 Å². The van der Waals surface area contributed by atoms with E-state index in [9.17, 15) is 0 Å². The fourth-order valence-electron chi connectivity index (χ4n) is 4.76. The minimum Gasteiger partial charge on any atom is -0.361 e. The highest BCUT2D eigenvalue weighted by atomic mass is 19.1. The summed E-state index contributed by atoms with van der Waals surface area (Å²) in [5.74, 6) is 0. The van der Waals surface area contributed by atoms with Crippen molar-refractivity contribution in [1.82, 2.24) is 25.3 Å². The third-order valence-corrected chi connectivity index (χ3v) is 6.18. The maximum Gasteiger partial charge on any atom is 0.135 e. The number of nitrogens with one attached hydrogen (secondary N) is 2. The van der Waals surface area contributed by atoms with Gasteiger partial charge in [0.2, 0.25) is 0 Å². The van der Waals surface area contributed by atoms with Crippen LogP contribution in [0.5, 0.6) is 0 Å². The summed E-state index contributed by atoms with van der Waals surface area (Å²) in [6, 6.07) is 8.30. The van der Waals surface area contributed by atoms with E-state index < -0.39 is 11.1 Å². The van der Waals surface area contributed by atoms with Crippen LogP contribution >= 0.6 is 0 Å². The van der Waals surface area contributed by atoms with E-state index in [1.165, 1.54) is 10.9 Å². The van der Waals surface area contributed by atoms with Crippen molar-refractivity contribution in [2.75, 3.05) is 13.1 Å². The van der Waals surface area contributed by atoms with E-state index in [4.69, 9.17) is 0 Å². The van der Waals surface area contributed by atoms with Crippen LogP contribution in [0.15, 0.2) is 36.7 Å². The molecule has 6 heteroatoms. The molecule has 3 heterocycles. The number of H-pyrrole nitrogens is 1. The van der Waals surface area contributed by atoms with Crippen molar-refractivity contribution in [3.63, 3.8) is 0 Å². The summed E-state index contributed by atoms with van der Waals surface area (Å²) >= 11 is 0. The maximum atomic E-state index is 15.3. The number of hydrogen-bond donors (Lipinski definition) is 2. The number of para-hydroxylation sites is 1. The Kier molecular flexibility index (Phi) is 3.25. The van der Waals surface area contributed by atoms with Crippen LogP contribution in [0.1, 0.15) is 30.5 Å². The maximum absolute atomic E-state index is 15.3. The number of hydrogen-bond acceptors (Lipinski definition) is 3. The molecule has 1 aliphatic heterocycles. The van der Waals surface area contributed by atoms with Crippen molar-refractivity contribution in [3.05, 3.63) is 47.9 Å². The first-order valence-corrected chi connectivity index (χ1v) is 9.06. The SMILES string of the molecule is F[C@]12CCC[C@@]1(c1cn(CCc3c[nH]c4ccccc34)nn1)CNC2. The minimum absolute atomic E-state index is 0.440. The Morgan fingerprint density at radius 2 is 2.12 bits per heavy atom. The molecule has 1 saturated carbocycles. The molecule has 0 spiro atoms. The van der Waals surface area contributed by atoms with Crippen LogP contribution < -0.4 is 5.32 Å². The predicted octanol–water partition coefficient (Wildman–Crippen LogP) is 2.74. The third-order valence-electron chi connectivity index (χ3n) is 6.18. The summed E-state index contributed by atoms with van der Waals surface area (Å²) in [4.78, 5) is 3.31. The second kappa shape index (κ2) is 5.39. The largest absolute Gasteiger partial charge is 0.361 e. The molecular weight excluding hydrogens is 317 g/mol. The average molecular weight is 339 g/mol. The van der Waals surface area contributed by atoms with E-state index in [2.05, 4.69) is 45.0 Å². The molecule has 1 aromatic carbocycles. The number of aryl methyl sites for hydroxylation is 2. The number of fused-ring (bicyclic) bond motifs is 2. The molecule has 1 saturated heterocycles. The predicted molar refractivity (Wildman–Crippen MR) is 94.3 cm³/mol. The van der Waals surface area contributed by atoms with E-state index in [-0.39, 0.29) is 0 Å². The summed E-state index contributed by atoms with van der Waals surface area (Å²) in [5, 5.41) is 13.1. The molecule has 2 aromatic heterocycles. The van der Waals surface area contributed by atoms with Gasteiger partial charge in [0.05, 0.1) is 11.1 Å².